The van der Waals surface area contributed by atoms with Gasteiger partial charge >= 0.3 is 0 Å². The topological polar surface area (TPSA) is 36.9 Å². The van der Waals surface area contributed by atoms with Crippen molar-refractivity contribution in [1.29, 1.82) is 0 Å². The standard InChI is InChI=1S/C26H34O4/c1-5-15-27-21-13-14-22(28-16-6-2)24-23(21)25(29-17-7-3)19-11-9-10-12-20(19)26(24)30-18-8-4/h9-14H,5-8,15-18H2,1-4H3. The van der Waals surface area contributed by atoms with Crippen molar-refractivity contribution < 1.29 is 18.9 Å². The minimum absolute atomic E-state index is 0.640. The molecule has 0 aliphatic heterocycles. The molecular formula is C26H34O4. The first-order chi connectivity index (χ1) is 14.8. The first kappa shape index (κ1) is 22.1. The van der Waals surface area contributed by atoms with E-state index in [1.54, 1.807) is 0 Å². The second kappa shape index (κ2) is 11.0. The fourth-order valence-electron chi connectivity index (χ4n) is 3.54. The van der Waals surface area contributed by atoms with Crippen LogP contribution in [0.15, 0.2) is 36.4 Å². The van der Waals surface area contributed by atoms with E-state index in [1.807, 2.05) is 24.3 Å². The lowest BCUT2D eigenvalue weighted by Gasteiger charge is -2.21. The number of rotatable bonds is 12. The van der Waals surface area contributed by atoms with Crippen LogP contribution in [0.5, 0.6) is 23.0 Å². The van der Waals surface area contributed by atoms with E-state index in [2.05, 4.69) is 39.8 Å². The summed E-state index contributed by atoms with van der Waals surface area (Å²) in [6.07, 6.45) is 3.74. The first-order valence-electron chi connectivity index (χ1n) is 11.3. The molecule has 162 valence electrons. The van der Waals surface area contributed by atoms with E-state index in [-0.39, 0.29) is 0 Å². The molecule has 4 nitrogen and oxygen atoms in total. The number of benzene rings is 3. The molecule has 0 radical (unpaired) electrons. The van der Waals surface area contributed by atoms with Crippen molar-refractivity contribution in [2.75, 3.05) is 26.4 Å². The van der Waals surface area contributed by atoms with Crippen molar-refractivity contribution in [1.82, 2.24) is 0 Å². The van der Waals surface area contributed by atoms with Gasteiger partial charge in [-0.1, -0.05) is 52.0 Å². The fraction of sp³-hybridized carbons (Fsp3) is 0.462. The third-order valence-corrected chi connectivity index (χ3v) is 4.82. The zero-order valence-corrected chi connectivity index (χ0v) is 18.8. The first-order valence-corrected chi connectivity index (χ1v) is 11.3. The average Bonchev–Trinajstić information content (AvgIpc) is 2.78. The molecule has 4 heteroatoms. The highest BCUT2D eigenvalue weighted by molar-refractivity contribution is 6.15. The maximum Gasteiger partial charge on any atom is 0.139 e. The van der Waals surface area contributed by atoms with Gasteiger partial charge in [0.05, 0.1) is 37.2 Å². The quantitative estimate of drug-likeness (QED) is 0.297. The number of fused-ring (bicyclic) bond motifs is 2. The van der Waals surface area contributed by atoms with Crippen LogP contribution >= 0.6 is 0 Å². The lowest BCUT2D eigenvalue weighted by atomic mass is 9.98. The van der Waals surface area contributed by atoms with Crippen molar-refractivity contribution in [3.63, 3.8) is 0 Å². The monoisotopic (exact) mass is 410 g/mol. The van der Waals surface area contributed by atoms with Gasteiger partial charge in [0.2, 0.25) is 0 Å². The summed E-state index contributed by atoms with van der Waals surface area (Å²) in [6, 6.07) is 12.3. The largest absolute Gasteiger partial charge is 0.493 e. The summed E-state index contributed by atoms with van der Waals surface area (Å²) >= 11 is 0. The Balaban J connectivity index is 2.40. The maximum absolute atomic E-state index is 6.33. The summed E-state index contributed by atoms with van der Waals surface area (Å²) in [5.41, 5.74) is 0. The summed E-state index contributed by atoms with van der Waals surface area (Å²) in [7, 11) is 0. The van der Waals surface area contributed by atoms with Crippen LogP contribution in [-0.2, 0) is 0 Å². The predicted octanol–water partition coefficient (Wildman–Crippen LogP) is 7.15. The van der Waals surface area contributed by atoms with E-state index in [9.17, 15) is 0 Å². The van der Waals surface area contributed by atoms with E-state index < -0.39 is 0 Å². The summed E-state index contributed by atoms with van der Waals surface area (Å²) < 4.78 is 25.0. The van der Waals surface area contributed by atoms with Crippen LogP contribution in [0, 0.1) is 0 Å². The van der Waals surface area contributed by atoms with E-state index in [1.165, 1.54) is 0 Å². The van der Waals surface area contributed by atoms with Crippen LogP contribution in [0.25, 0.3) is 21.5 Å². The van der Waals surface area contributed by atoms with E-state index in [4.69, 9.17) is 18.9 Å². The third kappa shape index (κ3) is 4.58. The molecule has 0 fully saturated rings. The number of ether oxygens (including phenoxy) is 4. The van der Waals surface area contributed by atoms with Crippen LogP contribution in [0.4, 0.5) is 0 Å². The highest BCUT2D eigenvalue weighted by Crippen LogP contribution is 2.50. The van der Waals surface area contributed by atoms with Crippen LogP contribution in [0.3, 0.4) is 0 Å². The molecule has 0 amide bonds. The van der Waals surface area contributed by atoms with Crippen molar-refractivity contribution in [3.05, 3.63) is 36.4 Å². The fourth-order valence-corrected chi connectivity index (χ4v) is 3.54. The van der Waals surface area contributed by atoms with Gasteiger partial charge in [-0.05, 0) is 37.8 Å². The lowest BCUT2D eigenvalue weighted by Crippen LogP contribution is -2.05. The summed E-state index contributed by atoms with van der Waals surface area (Å²) in [5.74, 6) is 3.32. The van der Waals surface area contributed by atoms with Crippen molar-refractivity contribution in [3.8, 4) is 23.0 Å². The van der Waals surface area contributed by atoms with Crippen molar-refractivity contribution >= 4 is 21.5 Å². The molecule has 0 bridgehead atoms. The zero-order valence-electron chi connectivity index (χ0n) is 18.8. The van der Waals surface area contributed by atoms with E-state index >= 15 is 0 Å². The molecule has 0 heterocycles. The molecule has 0 aliphatic carbocycles. The summed E-state index contributed by atoms with van der Waals surface area (Å²) in [5, 5.41) is 3.96. The maximum atomic E-state index is 6.33. The van der Waals surface area contributed by atoms with Gasteiger partial charge in [0.25, 0.3) is 0 Å². The van der Waals surface area contributed by atoms with E-state index in [0.29, 0.717) is 26.4 Å². The van der Waals surface area contributed by atoms with Gasteiger partial charge in [-0.2, -0.15) is 0 Å². The molecule has 0 aliphatic rings. The molecule has 0 spiro atoms. The van der Waals surface area contributed by atoms with Crippen LogP contribution in [0.1, 0.15) is 53.4 Å². The van der Waals surface area contributed by atoms with Crippen LogP contribution in [0.2, 0.25) is 0 Å². The molecule has 0 aromatic heterocycles. The highest BCUT2D eigenvalue weighted by Gasteiger charge is 2.23. The predicted molar refractivity (Wildman–Crippen MR) is 125 cm³/mol. The molecule has 3 aromatic rings. The third-order valence-electron chi connectivity index (χ3n) is 4.82. The van der Waals surface area contributed by atoms with Crippen molar-refractivity contribution in [2.45, 2.75) is 53.4 Å². The van der Waals surface area contributed by atoms with Crippen molar-refractivity contribution in [2.24, 2.45) is 0 Å². The second-order valence-electron chi connectivity index (χ2n) is 7.41. The smallest absolute Gasteiger partial charge is 0.139 e. The Kier molecular flexibility index (Phi) is 8.06. The summed E-state index contributed by atoms with van der Waals surface area (Å²) in [6.45, 7) is 11.0. The lowest BCUT2D eigenvalue weighted by molar-refractivity contribution is 0.302. The van der Waals surface area contributed by atoms with Gasteiger partial charge < -0.3 is 18.9 Å². The molecule has 30 heavy (non-hydrogen) atoms. The molecule has 0 unspecified atom stereocenters. The Hall–Kier alpha value is -2.62. The van der Waals surface area contributed by atoms with Gasteiger partial charge in [0.15, 0.2) is 0 Å². The number of hydrogen-bond acceptors (Lipinski definition) is 4. The Morgan fingerprint density at radius 3 is 1.23 bits per heavy atom. The molecule has 3 rings (SSSR count). The second-order valence-corrected chi connectivity index (χ2v) is 7.41. The molecule has 0 atom stereocenters. The average molecular weight is 411 g/mol. The zero-order chi connectivity index (χ0) is 21.3. The Bertz CT molecular complexity index is 886. The molecule has 0 saturated carbocycles. The van der Waals surface area contributed by atoms with Gasteiger partial charge in [-0.3, -0.25) is 0 Å². The Labute approximate surface area is 180 Å². The van der Waals surface area contributed by atoms with Crippen LogP contribution in [-0.4, -0.2) is 26.4 Å². The number of hydrogen-bond donors (Lipinski definition) is 0. The van der Waals surface area contributed by atoms with Crippen LogP contribution < -0.4 is 18.9 Å². The minimum Gasteiger partial charge on any atom is -0.493 e. The highest BCUT2D eigenvalue weighted by atomic mass is 16.5. The molecular weight excluding hydrogens is 376 g/mol. The SMILES string of the molecule is CCCOc1ccc(OCCC)c2c(OCCC)c3ccccc3c(OCCC)c12. The molecule has 0 saturated heterocycles. The van der Waals surface area contributed by atoms with E-state index in [0.717, 1.165) is 70.2 Å². The summed E-state index contributed by atoms with van der Waals surface area (Å²) in [4.78, 5) is 0. The van der Waals surface area contributed by atoms with Gasteiger partial charge in [0, 0.05) is 10.8 Å². The normalized spacial score (nSPS) is 11.1. The van der Waals surface area contributed by atoms with Gasteiger partial charge in [-0.15, -0.1) is 0 Å². The minimum atomic E-state index is 0.640. The molecule has 0 N–H and O–H groups in total. The Morgan fingerprint density at radius 2 is 0.867 bits per heavy atom. The van der Waals surface area contributed by atoms with Gasteiger partial charge in [-0.25, -0.2) is 0 Å². The van der Waals surface area contributed by atoms with Gasteiger partial charge in [0.1, 0.15) is 23.0 Å². The Morgan fingerprint density at radius 1 is 0.500 bits per heavy atom. The molecule has 3 aromatic carbocycles.